The fraction of sp³-hybridized carbons (Fsp3) is 0.179. The lowest BCUT2D eigenvalue weighted by atomic mass is 10.00. The van der Waals surface area contributed by atoms with Crippen molar-refractivity contribution in [3.8, 4) is 22.5 Å². The molecule has 4 rings (SSSR count). The molecule has 4 nitrogen and oxygen atoms in total. The van der Waals surface area contributed by atoms with Crippen molar-refractivity contribution in [3.63, 3.8) is 0 Å². The maximum absolute atomic E-state index is 14.1. The molecule has 0 spiro atoms. The summed E-state index contributed by atoms with van der Waals surface area (Å²) >= 11 is 0. The predicted octanol–water partition coefficient (Wildman–Crippen LogP) is 7.18. The highest BCUT2D eigenvalue weighted by Gasteiger charge is 2.29. The average Bonchev–Trinajstić information content (AvgIpc) is 2.84. The lowest BCUT2D eigenvalue weighted by molar-refractivity contribution is -0.00824. The molecular weight excluding hydrogens is 432 g/mol. The number of nitrogens with zero attached hydrogens (tertiary/aromatic N) is 2. The normalized spacial score (nSPS) is 11.3. The number of benzene rings is 3. The van der Waals surface area contributed by atoms with Crippen LogP contribution >= 0.6 is 0 Å². The van der Waals surface area contributed by atoms with Gasteiger partial charge in [0.05, 0.1) is 0 Å². The Balaban J connectivity index is 1.65. The first-order valence-corrected chi connectivity index (χ1v) is 11.1. The van der Waals surface area contributed by atoms with E-state index < -0.39 is 11.8 Å². The summed E-state index contributed by atoms with van der Waals surface area (Å²) in [6, 6.07) is 23.4. The number of nitrogens with one attached hydrogen (secondary N) is 1. The summed E-state index contributed by atoms with van der Waals surface area (Å²) in [6.45, 7) is 5.21. The molecule has 0 aliphatic carbocycles. The van der Waals surface area contributed by atoms with E-state index in [0.29, 0.717) is 11.5 Å². The molecule has 0 saturated carbocycles. The summed E-state index contributed by atoms with van der Waals surface area (Å²) in [6.07, 6.45) is -0.319. The van der Waals surface area contributed by atoms with Crippen LogP contribution in [0.5, 0.6) is 0 Å². The first kappa shape index (κ1) is 23.2. The van der Waals surface area contributed by atoms with Gasteiger partial charge in [0.1, 0.15) is 5.69 Å². The smallest absolute Gasteiger partial charge is 0.274 e. The van der Waals surface area contributed by atoms with Gasteiger partial charge in [-0.15, -0.1) is 0 Å². The molecule has 6 heteroatoms. The van der Waals surface area contributed by atoms with Crippen molar-refractivity contribution in [1.82, 2.24) is 9.97 Å². The van der Waals surface area contributed by atoms with Crippen molar-refractivity contribution in [2.45, 2.75) is 33.1 Å². The molecule has 1 heterocycles. The van der Waals surface area contributed by atoms with E-state index in [-0.39, 0.29) is 23.4 Å². The standard InChI is InChI=1S/C28H25F2N3O/c1-4-28(29,30)23-11-8-12-24(17-23)32-27(34)25-15-19(3)31-26(33-25)22-14-18(2)13-21(16-22)20-9-6-5-7-10-20/h5-17H,4H2,1-3H3,(H,32,34). The van der Waals surface area contributed by atoms with Gasteiger partial charge in [0.2, 0.25) is 0 Å². The molecule has 1 N–H and O–H groups in total. The van der Waals surface area contributed by atoms with Crippen LogP contribution in [0.4, 0.5) is 14.5 Å². The van der Waals surface area contributed by atoms with E-state index in [1.54, 1.807) is 19.1 Å². The zero-order valence-electron chi connectivity index (χ0n) is 19.3. The minimum atomic E-state index is -2.96. The number of carbonyl (C=O) groups is 1. The van der Waals surface area contributed by atoms with Crippen molar-refractivity contribution in [2.24, 2.45) is 0 Å². The number of rotatable bonds is 6. The first-order valence-electron chi connectivity index (χ1n) is 11.1. The van der Waals surface area contributed by atoms with Crippen molar-refractivity contribution < 1.29 is 13.6 Å². The summed E-state index contributed by atoms with van der Waals surface area (Å²) in [5, 5.41) is 2.69. The van der Waals surface area contributed by atoms with Gasteiger partial charge in [-0.25, -0.2) is 18.7 Å². The number of anilines is 1. The van der Waals surface area contributed by atoms with Crippen LogP contribution in [0.2, 0.25) is 0 Å². The third-order valence-electron chi connectivity index (χ3n) is 5.52. The molecule has 172 valence electrons. The largest absolute Gasteiger partial charge is 0.321 e. The number of hydrogen-bond acceptors (Lipinski definition) is 3. The molecule has 34 heavy (non-hydrogen) atoms. The van der Waals surface area contributed by atoms with Gasteiger partial charge in [-0.1, -0.05) is 55.5 Å². The SMILES string of the molecule is CCC(F)(F)c1cccc(NC(=O)c2cc(C)nc(-c3cc(C)cc(-c4ccccc4)c3)n2)c1. The lowest BCUT2D eigenvalue weighted by Gasteiger charge is -2.15. The third kappa shape index (κ3) is 5.17. The van der Waals surface area contributed by atoms with Gasteiger partial charge in [-0.2, -0.15) is 0 Å². The maximum atomic E-state index is 14.1. The Bertz CT molecular complexity index is 1340. The van der Waals surface area contributed by atoms with Gasteiger partial charge in [0.15, 0.2) is 5.82 Å². The molecule has 3 aromatic carbocycles. The topological polar surface area (TPSA) is 54.9 Å². The van der Waals surface area contributed by atoms with E-state index in [0.717, 1.165) is 22.3 Å². The van der Waals surface area contributed by atoms with E-state index in [1.807, 2.05) is 49.4 Å². The molecular formula is C28H25F2N3O. The fourth-order valence-electron chi connectivity index (χ4n) is 3.75. The maximum Gasteiger partial charge on any atom is 0.274 e. The Kier molecular flexibility index (Phi) is 6.50. The first-order chi connectivity index (χ1) is 16.2. The summed E-state index contributed by atoms with van der Waals surface area (Å²) in [7, 11) is 0. The molecule has 0 saturated heterocycles. The van der Waals surface area contributed by atoms with Crippen LogP contribution in [0, 0.1) is 13.8 Å². The van der Waals surface area contributed by atoms with Gasteiger partial charge >= 0.3 is 0 Å². The van der Waals surface area contributed by atoms with Gasteiger partial charge in [-0.3, -0.25) is 4.79 Å². The van der Waals surface area contributed by atoms with Gasteiger partial charge in [0.25, 0.3) is 11.8 Å². The third-order valence-corrected chi connectivity index (χ3v) is 5.52. The zero-order valence-corrected chi connectivity index (χ0v) is 19.3. The number of hydrogen-bond donors (Lipinski definition) is 1. The Morgan fingerprint density at radius 2 is 1.59 bits per heavy atom. The van der Waals surface area contributed by atoms with Crippen LogP contribution in [-0.2, 0) is 5.92 Å². The van der Waals surface area contributed by atoms with Crippen LogP contribution in [0.25, 0.3) is 22.5 Å². The minimum Gasteiger partial charge on any atom is -0.321 e. The van der Waals surface area contributed by atoms with Gasteiger partial charge in [-0.05, 0) is 60.9 Å². The molecule has 0 atom stereocenters. The number of alkyl halides is 2. The molecule has 0 aliphatic rings. The summed E-state index contributed by atoms with van der Waals surface area (Å²) in [5.41, 5.74) is 4.88. The highest BCUT2D eigenvalue weighted by Crippen LogP contribution is 2.32. The Hall–Kier alpha value is -3.93. The van der Waals surface area contributed by atoms with E-state index in [4.69, 9.17) is 0 Å². The van der Waals surface area contributed by atoms with Crippen LogP contribution in [0.3, 0.4) is 0 Å². The highest BCUT2D eigenvalue weighted by atomic mass is 19.3. The Morgan fingerprint density at radius 1 is 0.853 bits per heavy atom. The second-order valence-corrected chi connectivity index (χ2v) is 8.26. The molecule has 0 unspecified atom stereocenters. The van der Waals surface area contributed by atoms with E-state index in [2.05, 4.69) is 21.4 Å². The Labute approximate surface area is 197 Å². The second-order valence-electron chi connectivity index (χ2n) is 8.26. The number of aromatic nitrogens is 2. The number of halogens is 2. The lowest BCUT2D eigenvalue weighted by Crippen LogP contribution is -2.16. The quantitative estimate of drug-likeness (QED) is 0.334. The second kappa shape index (κ2) is 9.51. The number of carbonyl (C=O) groups excluding carboxylic acids is 1. The number of amides is 1. The van der Waals surface area contributed by atoms with Gasteiger partial charge in [0, 0.05) is 28.9 Å². The van der Waals surface area contributed by atoms with E-state index in [1.165, 1.54) is 25.1 Å². The van der Waals surface area contributed by atoms with Crippen LogP contribution in [-0.4, -0.2) is 15.9 Å². The predicted molar refractivity (Wildman–Crippen MR) is 131 cm³/mol. The molecule has 4 aromatic rings. The molecule has 0 fully saturated rings. The van der Waals surface area contributed by atoms with Crippen LogP contribution in [0.1, 0.15) is 40.7 Å². The molecule has 0 aliphatic heterocycles. The van der Waals surface area contributed by atoms with E-state index >= 15 is 0 Å². The molecule has 1 aromatic heterocycles. The van der Waals surface area contributed by atoms with Crippen molar-refractivity contribution in [1.29, 1.82) is 0 Å². The zero-order chi connectivity index (χ0) is 24.3. The van der Waals surface area contributed by atoms with E-state index in [9.17, 15) is 13.6 Å². The monoisotopic (exact) mass is 457 g/mol. The summed E-state index contributed by atoms with van der Waals surface area (Å²) in [5.74, 6) is -3.02. The summed E-state index contributed by atoms with van der Waals surface area (Å²) in [4.78, 5) is 22.0. The van der Waals surface area contributed by atoms with Crippen LogP contribution < -0.4 is 5.32 Å². The average molecular weight is 458 g/mol. The molecule has 1 amide bonds. The van der Waals surface area contributed by atoms with Crippen molar-refractivity contribution in [3.05, 3.63) is 101 Å². The Morgan fingerprint density at radius 3 is 2.32 bits per heavy atom. The highest BCUT2D eigenvalue weighted by molar-refractivity contribution is 6.03. The fourth-order valence-corrected chi connectivity index (χ4v) is 3.75. The summed E-state index contributed by atoms with van der Waals surface area (Å²) < 4.78 is 28.1. The number of aryl methyl sites for hydroxylation is 2. The van der Waals surface area contributed by atoms with Gasteiger partial charge < -0.3 is 5.32 Å². The van der Waals surface area contributed by atoms with Crippen LogP contribution in [0.15, 0.2) is 78.9 Å². The van der Waals surface area contributed by atoms with Crippen molar-refractivity contribution in [2.75, 3.05) is 5.32 Å². The molecule has 0 radical (unpaired) electrons. The van der Waals surface area contributed by atoms with Crippen molar-refractivity contribution >= 4 is 11.6 Å². The minimum absolute atomic E-state index is 0.138. The molecule has 0 bridgehead atoms.